The highest BCUT2D eigenvalue weighted by atomic mass is 79.9. The van der Waals surface area contributed by atoms with Crippen LogP contribution in [0.4, 0.5) is 0 Å². The van der Waals surface area contributed by atoms with Crippen molar-refractivity contribution in [3.05, 3.63) is 35.9 Å². The second kappa shape index (κ2) is 4.58. The number of hydrogen-bond donors (Lipinski definition) is 0. The van der Waals surface area contributed by atoms with Gasteiger partial charge in [-0.15, -0.1) is 0 Å². The molecule has 1 rings (SSSR count). The largest absolute Gasteiger partial charge is 0.300 e. The summed E-state index contributed by atoms with van der Waals surface area (Å²) in [5.74, 6) is 0. The van der Waals surface area contributed by atoms with Gasteiger partial charge < -0.3 is 4.79 Å². The number of rotatable bonds is 3. The molecule has 0 saturated carbocycles. The first-order chi connectivity index (χ1) is 6.08. The van der Waals surface area contributed by atoms with Gasteiger partial charge in [-0.2, -0.15) is 0 Å². The van der Waals surface area contributed by atoms with Crippen LogP contribution in [0.25, 0.3) is 0 Å². The van der Waals surface area contributed by atoms with Crippen LogP contribution in [0.3, 0.4) is 0 Å². The summed E-state index contributed by atoms with van der Waals surface area (Å²) in [7, 11) is 0. The van der Waals surface area contributed by atoms with Crippen LogP contribution in [0.1, 0.15) is 10.4 Å². The molecule has 0 fully saturated rings. The molecule has 13 heavy (non-hydrogen) atoms. The van der Waals surface area contributed by atoms with E-state index < -0.39 is 3.78 Å². The second-order valence-electron chi connectivity index (χ2n) is 2.57. The number of halogens is 3. The van der Waals surface area contributed by atoms with Crippen LogP contribution in [0.5, 0.6) is 0 Å². The minimum absolute atomic E-state index is 0.236. The van der Waals surface area contributed by atoms with Gasteiger partial charge in [-0.1, -0.05) is 73.8 Å². The van der Waals surface area contributed by atoms with Crippen LogP contribution < -0.4 is 0 Å². The fraction of sp³-hybridized carbons (Fsp3) is 0.222. The molecule has 0 spiro atoms. The number of alkyl halides is 3. The fourth-order valence-electron chi connectivity index (χ4n) is 0.904. The Bertz CT molecular complexity index is 287. The van der Waals surface area contributed by atoms with Gasteiger partial charge in [0.15, 0.2) is 10.1 Å². The van der Waals surface area contributed by atoms with Gasteiger partial charge in [0.25, 0.3) is 0 Å². The third-order valence-electron chi connectivity index (χ3n) is 1.59. The van der Waals surface area contributed by atoms with E-state index in [0.29, 0.717) is 6.29 Å². The Labute approximate surface area is 98.7 Å². The smallest absolute Gasteiger partial charge is 0.170 e. The van der Waals surface area contributed by atoms with Gasteiger partial charge >= 0.3 is 0 Å². The molecular formula is C9H7Br2ClO. The zero-order valence-electron chi connectivity index (χ0n) is 6.58. The maximum Gasteiger partial charge on any atom is 0.170 e. The lowest BCUT2D eigenvalue weighted by atomic mass is 10.1. The molecule has 0 aliphatic heterocycles. The van der Waals surface area contributed by atoms with E-state index in [9.17, 15) is 4.79 Å². The highest BCUT2D eigenvalue weighted by Gasteiger charge is 2.32. The average molecular weight is 326 g/mol. The van der Waals surface area contributed by atoms with Gasteiger partial charge in [0, 0.05) is 0 Å². The Hall–Kier alpha value is 0.140. The number of carbonyl (C=O) groups excluding carboxylic acids is 1. The van der Waals surface area contributed by atoms with Gasteiger partial charge in [0.05, 0.1) is 4.83 Å². The molecule has 0 N–H and O–H groups in total. The number of carbonyl (C=O) groups is 1. The standard InChI is InChI=1S/C9H7Br2ClO/c10-8(9(11,12)6-13)7-4-2-1-3-5-7/h1-6,8H. The SMILES string of the molecule is O=CC(Cl)(Br)C(Br)c1ccccc1. The molecule has 1 aromatic carbocycles. The van der Waals surface area contributed by atoms with Crippen molar-refractivity contribution in [1.29, 1.82) is 0 Å². The number of aldehydes is 1. The van der Waals surface area contributed by atoms with Crippen molar-refractivity contribution in [2.45, 2.75) is 8.61 Å². The van der Waals surface area contributed by atoms with Gasteiger partial charge in [-0.3, -0.25) is 0 Å². The third-order valence-corrected chi connectivity index (χ3v) is 4.67. The minimum Gasteiger partial charge on any atom is -0.300 e. The molecule has 0 amide bonds. The predicted octanol–water partition coefficient (Wildman–Crippen LogP) is 3.65. The molecule has 2 unspecified atom stereocenters. The monoisotopic (exact) mass is 324 g/mol. The summed E-state index contributed by atoms with van der Waals surface area (Å²) in [6.07, 6.45) is 0.668. The van der Waals surface area contributed by atoms with Crippen LogP contribution in [0.2, 0.25) is 0 Å². The zero-order chi connectivity index (χ0) is 9.90. The lowest BCUT2D eigenvalue weighted by molar-refractivity contribution is -0.108. The lowest BCUT2D eigenvalue weighted by Crippen LogP contribution is -2.20. The Morgan fingerprint density at radius 1 is 1.38 bits per heavy atom. The molecule has 0 radical (unpaired) electrons. The van der Waals surface area contributed by atoms with Gasteiger partial charge in [0.1, 0.15) is 0 Å². The van der Waals surface area contributed by atoms with E-state index >= 15 is 0 Å². The summed E-state index contributed by atoms with van der Waals surface area (Å²) < 4.78 is -1.08. The molecule has 0 aliphatic carbocycles. The summed E-state index contributed by atoms with van der Waals surface area (Å²) in [4.78, 5) is 10.4. The first-order valence-corrected chi connectivity index (χ1v) is 5.70. The Kier molecular flexibility index (Phi) is 3.95. The lowest BCUT2D eigenvalue weighted by Gasteiger charge is -2.19. The van der Waals surface area contributed by atoms with Crippen LogP contribution in [0.15, 0.2) is 30.3 Å². The first-order valence-electron chi connectivity index (χ1n) is 3.61. The Morgan fingerprint density at radius 3 is 2.38 bits per heavy atom. The molecule has 0 aliphatic rings. The topological polar surface area (TPSA) is 17.1 Å². The molecule has 0 aromatic heterocycles. The van der Waals surface area contributed by atoms with Crippen LogP contribution in [-0.4, -0.2) is 10.1 Å². The second-order valence-corrected chi connectivity index (χ2v) is 5.88. The van der Waals surface area contributed by atoms with Gasteiger partial charge in [0.2, 0.25) is 0 Å². The molecule has 0 saturated heterocycles. The van der Waals surface area contributed by atoms with Crippen LogP contribution >= 0.6 is 43.5 Å². The maximum absolute atomic E-state index is 10.6. The number of benzene rings is 1. The van der Waals surface area contributed by atoms with E-state index in [2.05, 4.69) is 31.9 Å². The van der Waals surface area contributed by atoms with E-state index in [1.165, 1.54) is 0 Å². The van der Waals surface area contributed by atoms with Crippen molar-refractivity contribution in [2.24, 2.45) is 0 Å². The van der Waals surface area contributed by atoms with Crippen molar-refractivity contribution in [3.63, 3.8) is 0 Å². The Balaban J connectivity index is 2.91. The van der Waals surface area contributed by atoms with E-state index in [-0.39, 0.29) is 4.83 Å². The summed E-state index contributed by atoms with van der Waals surface area (Å²) in [5.41, 5.74) is 0.960. The van der Waals surface area contributed by atoms with Crippen molar-refractivity contribution >= 4 is 49.7 Å². The van der Waals surface area contributed by atoms with Crippen molar-refractivity contribution < 1.29 is 4.79 Å². The maximum atomic E-state index is 10.6. The summed E-state index contributed by atoms with van der Waals surface area (Å²) >= 11 is 12.4. The minimum atomic E-state index is -1.08. The van der Waals surface area contributed by atoms with E-state index in [4.69, 9.17) is 11.6 Å². The third kappa shape index (κ3) is 2.79. The molecule has 0 bridgehead atoms. The van der Waals surface area contributed by atoms with E-state index in [0.717, 1.165) is 5.56 Å². The highest BCUT2D eigenvalue weighted by Crippen LogP contribution is 2.42. The van der Waals surface area contributed by atoms with E-state index in [1.54, 1.807) is 0 Å². The van der Waals surface area contributed by atoms with Gasteiger partial charge in [-0.25, -0.2) is 0 Å². The molecular weight excluding hydrogens is 319 g/mol. The molecule has 0 heterocycles. The molecule has 2 atom stereocenters. The molecule has 1 nitrogen and oxygen atoms in total. The normalized spacial score (nSPS) is 17.5. The summed E-state index contributed by atoms with van der Waals surface area (Å²) in [6, 6.07) is 9.51. The van der Waals surface area contributed by atoms with E-state index in [1.807, 2.05) is 30.3 Å². The predicted molar refractivity (Wildman–Crippen MR) is 61.7 cm³/mol. The summed E-state index contributed by atoms with van der Waals surface area (Å²) in [5, 5.41) is 0. The van der Waals surface area contributed by atoms with Crippen molar-refractivity contribution in [1.82, 2.24) is 0 Å². The Morgan fingerprint density at radius 2 is 1.92 bits per heavy atom. The van der Waals surface area contributed by atoms with Crippen molar-refractivity contribution in [3.8, 4) is 0 Å². The highest BCUT2D eigenvalue weighted by molar-refractivity contribution is 9.13. The molecule has 70 valence electrons. The van der Waals surface area contributed by atoms with Crippen LogP contribution in [0, 0.1) is 0 Å². The fourth-order valence-corrected chi connectivity index (χ4v) is 1.71. The van der Waals surface area contributed by atoms with Gasteiger partial charge in [-0.05, 0) is 5.56 Å². The molecule has 1 aromatic rings. The first kappa shape index (κ1) is 11.2. The molecule has 4 heteroatoms. The number of hydrogen-bond acceptors (Lipinski definition) is 1. The summed E-state index contributed by atoms with van der Waals surface area (Å²) in [6.45, 7) is 0. The average Bonchev–Trinajstić information content (AvgIpc) is 2.18. The van der Waals surface area contributed by atoms with Crippen LogP contribution in [-0.2, 0) is 4.79 Å². The van der Waals surface area contributed by atoms with Crippen molar-refractivity contribution in [2.75, 3.05) is 0 Å². The zero-order valence-corrected chi connectivity index (χ0v) is 10.5. The quantitative estimate of drug-likeness (QED) is 0.612.